The Balaban J connectivity index is 2.81. The Labute approximate surface area is 86.4 Å². The van der Waals surface area contributed by atoms with E-state index >= 15 is 0 Å². The first kappa shape index (κ1) is 11.2. The second-order valence-corrected chi connectivity index (χ2v) is 3.12. The highest BCUT2D eigenvalue weighted by atomic mass is 19.1. The number of hydrogen-bond acceptors (Lipinski definition) is 2. The number of nitrogens with one attached hydrogen (secondary N) is 2. The van der Waals surface area contributed by atoms with E-state index in [4.69, 9.17) is 0 Å². The molecule has 0 aromatic heterocycles. The standard InChI is InChI=1S/C10H11FN2O2/c1-6-3-4-9(11)8(5-6)10(15)13-12-7(2)14/h3-5H,1-2H3,(H,12,14)(H,13,15). The number of carbonyl (C=O) groups excluding carboxylic acids is 2. The zero-order chi connectivity index (χ0) is 11.4. The first-order valence-corrected chi connectivity index (χ1v) is 4.34. The Morgan fingerprint density at radius 2 is 1.93 bits per heavy atom. The maximum atomic E-state index is 13.2. The zero-order valence-electron chi connectivity index (χ0n) is 8.43. The molecule has 0 bridgehead atoms. The number of hydrazine groups is 1. The minimum atomic E-state index is -0.675. The van der Waals surface area contributed by atoms with Gasteiger partial charge in [0.05, 0.1) is 5.56 Å². The van der Waals surface area contributed by atoms with Gasteiger partial charge in [-0.2, -0.15) is 0 Å². The highest BCUT2D eigenvalue weighted by Gasteiger charge is 2.11. The summed E-state index contributed by atoms with van der Waals surface area (Å²) in [6.07, 6.45) is 0. The lowest BCUT2D eigenvalue weighted by Crippen LogP contribution is -2.40. The van der Waals surface area contributed by atoms with Crippen LogP contribution in [0.5, 0.6) is 0 Å². The number of carbonyl (C=O) groups is 2. The van der Waals surface area contributed by atoms with Gasteiger partial charge in [-0.3, -0.25) is 20.4 Å². The zero-order valence-corrected chi connectivity index (χ0v) is 8.43. The van der Waals surface area contributed by atoms with Crippen molar-refractivity contribution in [3.8, 4) is 0 Å². The molecule has 1 aromatic carbocycles. The molecule has 0 saturated carbocycles. The van der Waals surface area contributed by atoms with E-state index < -0.39 is 17.6 Å². The third-order valence-corrected chi connectivity index (χ3v) is 1.72. The van der Waals surface area contributed by atoms with Gasteiger partial charge in [0, 0.05) is 6.92 Å². The number of hydrogen-bond donors (Lipinski definition) is 2. The number of rotatable bonds is 1. The van der Waals surface area contributed by atoms with E-state index in [9.17, 15) is 14.0 Å². The fourth-order valence-corrected chi connectivity index (χ4v) is 1.03. The van der Waals surface area contributed by atoms with Gasteiger partial charge >= 0.3 is 0 Å². The predicted molar refractivity (Wildman–Crippen MR) is 52.4 cm³/mol. The maximum absolute atomic E-state index is 13.2. The highest BCUT2D eigenvalue weighted by Crippen LogP contribution is 2.09. The van der Waals surface area contributed by atoms with E-state index in [0.29, 0.717) is 0 Å². The summed E-state index contributed by atoms with van der Waals surface area (Å²) in [5.41, 5.74) is 4.85. The molecule has 0 heterocycles. The fraction of sp³-hybridized carbons (Fsp3) is 0.200. The lowest BCUT2D eigenvalue weighted by atomic mass is 10.1. The largest absolute Gasteiger partial charge is 0.274 e. The van der Waals surface area contributed by atoms with Crippen molar-refractivity contribution in [2.45, 2.75) is 13.8 Å². The van der Waals surface area contributed by atoms with Gasteiger partial charge in [0.15, 0.2) is 0 Å². The Kier molecular flexibility index (Phi) is 3.38. The van der Waals surface area contributed by atoms with Crippen molar-refractivity contribution >= 4 is 11.8 Å². The smallest absolute Gasteiger partial charge is 0.272 e. The van der Waals surface area contributed by atoms with Crippen molar-refractivity contribution in [3.63, 3.8) is 0 Å². The lowest BCUT2D eigenvalue weighted by molar-refractivity contribution is -0.119. The van der Waals surface area contributed by atoms with Crippen LogP contribution in [0.4, 0.5) is 4.39 Å². The lowest BCUT2D eigenvalue weighted by Gasteiger charge is -2.06. The second-order valence-electron chi connectivity index (χ2n) is 3.12. The number of aryl methyl sites for hydroxylation is 1. The monoisotopic (exact) mass is 210 g/mol. The molecule has 0 atom stereocenters. The molecule has 1 rings (SSSR count). The molecular weight excluding hydrogens is 199 g/mol. The first-order valence-electron chi connectivity index (χ1n) is 4.34. The predicted octanol–water partition coefficient (Wildman–Crippen LogP) is 0.915. The fourth-order valence-electron chi connectivity index (χ4n) is 1.03. The van der Waals surface area contributed by atoms with E-state index in [1.807, 2.05) is 0 Å². The van der Waals surface area contributed by atoms with Crippen molar-refractivity contribution in [2.75, 3.05) is 0 Å². The summed E-state index contributed by atoms with van der Waals surface area (Å²) in [5, 5.41) is 0. The van der Waals surface area contributed by atoms with E-state index in [1.165, 1.54) is 19.1 Å². The molecule has 80 valence electrons. The van der Waals surface area contributed by atoms with Crippen molar-refractivity contribution in [1.82, 2.24) is 10.9 Å². The highest BCUT2D eigenvalue weighted by molar-refractivity contribution is 5.95. The Bertz CT molecular complexity index is 404. The van der Waals surface area contributed by atoms with E-state index in [1.54, 1.807) is 13.0 Å². The molecular formula is C10H11FN2O2. The Morgan fingerprint density at radius 3 is 2.53 bits per heavy atom. The van der Waals surface area contributed by atoms with Crippen LogP contribution in [0.3, 0.4) is 0 Å². The van der Waals surface area contributed by atoms with E-state index in [2.05, 4.69) is 10.9 Å². The number of halogens is 1. The van der Waals surface area contributed by atoms with Gasteiger partial charge in [0.1, 0.15) is 5.82 Å². The van der Waals surface area contributed by atoms with Crippen LogP contribution in [-0.2, 0) is 4.79 Å². The summed E-state index contributed by atoms with van der Waals surface area (Å²) in [6, 6.07) is 4.18. The topological polar surface area (TPSA) is 58.2 Å². The van der Waals surface area contributed by atoms with Crippen molar-refractivity contribution < 1.29 is 14.0 Å². The molecule has 15 heavy (non-hydrogen) atoms. The molecule has 0 unspecified atom stereocenters. The number of amides is 2. The first-order chi connectivity index (χ1) is 7.00. The second kappa shape index (κ2) is 4.54. The van der Waals surface area contributed by atoms with Gasteiger partial charge in [-0.25, -0.2) is 4.39 Å². The van der Waals surface area contributed by atoms with Crippen molar-refractivity contribution in [2.24, 2.45) is 0 Å². The van der Waals surface area contributed by atoms with Gasteiger partial charge in [-0.15, -0.1) is 0 Å². The minimum absolute atomic E-state index is 0.0937. The summed E-state index contributed by atoms with van der Waals surface area (Å²) in [4.78, 5) is 21.9. The van der Waals surface area contributed by atoms with Crippen LogP contribution < -0.4 is 10.9 Å². The van der Waals surface area contributed by atoms with Crippen LogP contribution in [-0.4, -0.2) is 11.8 Å². The van der Waals surface area contributed by atoms with Gasteiger partial charge in [0.2, 0.25) is 5.91 Å². The van der Waals surface area contributed by atoms with Gasteiger partial charge < -0.3 is 0 Å². The molecule has 0 aliphatic heterocycles. The molecule has 0 radical (unpaired) electrons. The molecule has 5 heteroatoms. The average Bonchev–Trinajstić information content (AvgIpc) is 2.18. The van der Waals surface area contributed by atoms with E-state index in [-0.39, 0.29) is 5.56 Å². The Morgan fingerprint density at radius 1 is 1.27 bits per heavy atom. The summed E-state index contributed by atoms with van der Waals surface area (Å²) < 4.78 is 13.2. The third-order valence-electron chi connectivity index (χ3n) is 1.72. The summed E-state index contributed by atoms with van der Waals surface area (Å²) in [5.74, 6) is -1.72. The molecule has 0 aliphatic carbocycles. The molecule has 2 amide bonds. The van der Waals surface area contributed by atoms with Crippen LogP contribution in [0.15, 0.2) is 18.2 Å². The van der Waals surface area contributed by atoms with Crippen LogP contribution in [0.1, 0.15) is 22.8 Å². The summed E-state index contributed by atoms with van der Waals surface area (Å²) in [6.45, 7) is 2.99. The molecule has 0 saturated heterocycles. The van der Waals surface area contributed by atoms with Gasteiger partial charge in [-0.05, 0) is 19.1 Å². The Hall–Kier alpha value is -1.91. The SMILES string of the molecule is CC(=O)NNC(=O)c1cc(C)ccc1F. The van der Waals surface area contributed by atoms with Crippen molar-refractivity contribution in [1.29, 1.82) is 0 Å². The molecule has 1 aromatic rings. The normalized spacial score (nSPS) is 9.53. The van der Waals surface area contributed by atoms with Crippen LogP contribution >= 0.6 is 0 Å². The van der Waals surface area contributed by atoms with Crippen LogP contribution in [0, 0.1) is 12.7 Å². The number of benzene rings is 1. The molecule has 0 fully saturated rings. The van der Waals surface area contributed by atoms with Crippen LogP contribution in [0.2, 0.25) is 0 Å². The molecule has 2 N–H and O–H groups in total. The summed E-state index contributed by atoms with van der Waals surface area (Å²) in [7, 11) is 0. The molecule has 4 nitrogen and oxygen atoms in total. The average molecular weight is 210 g/mol. The maximum Gasteiger partial charge on any atom is 0.272 e. The van der Waals surface area contributed by atoms with Crippen molar-refractivity contribution in [3.05, 3.63) is 35.1 Å². The minimum Gasteiger partial charge on any atom is -0.274 e. The quantitative estimate of drug-likeness (QED) is 0.677. The van der Waals surface area contributed by atoms with Crippen LogP contribution in [0.25, 0.3) is 0 Å². The molecule has 0 spiro atoms. The van der Waals surface area contributed by atoms with Gasteiger partial charge in [0.25, 0.3) is 5.91 Å². The van der Waals surface area contributed by atoms with E-state index in [0.717, 1.165) is 5.56 Å². The third kappa shape index (κ3) is 3.05. The summed E-state index contributed by atoms with van der Waals surface area (Å²) >= 11 is 0. The van der Waals surface area contributed by atoms with Gasteiger partial charge in [-0.1, -0.05) is 11.6 Å². The molecule has 0 aliphatic rings.